The Morgan fingerprint density at radius 3 is 2.63 bits per heavy atom. The van der Waals surface area contributed by atoms with Crippen molar-refractivity contribution in [1.82, 2.24) is 15.0 Å². The van der Waals surface area contributed by atoms with Crippen molar-refractivity contribution in [1.29, 1.82) is 0 Å². The highest BCUT2D eigenvalue weighted by Gasteiger charge is 2.17. The van der Waals surface area contributed by atoms with Gasteiger partial charge in [0.1, 0.15) is 5.75 Å². The van der Waals surface area contributed by atoms with Crippen molar-refractivity contribution < 1.29 is 23.5 Å². The molecule has 0 spiro atoms. The predicted molar refractivity (Wildman–Crippen MR) is 108 cm³/mol. The van der Waals surface area contributed by atoms with Gasteiger partial charge in [0.25, 0.3) is 5.56 Å². The molecule has 4 rings (SSSR count). The van der Waals surface area contributed by atoms with Gasteiger partial charge in [-0.3, -0.25) is 14.8 Å². The minimum Gasteiger partial charge on any atom is -0.435 e. The van der Waals surface area contributed by atoms with Gasteiger partial charge in [0.05, 0.1) is 16.6 Å². The third-order valence-corrected chi connectivity index (χ3v) is 5.09. The van der Waals surface area contributed by atoms with Crippen LogP contribution in [0.4, 0.5) is 8.78 Å². The molecule has 2 aromatic heterocycles. The lowest BCUT2D eigenvalue weighted by atomic mass is 10.1. The summed E-state index contributed by atoms with van der Waals surface area (Å²) in [4.78, 5) is 26.7. The van der Waals surface area contributed by atoms with E-state index in [4.69, 9.17) is 5.21 Å². The summed E-state index contributed by atoms with van der Waals surface area (Å²) in [5.41, 5.74) is 3.42. The Labute approximate surface area is 168 Å². The molecule has 3 N–H and O–H groups in total. The number of pyridine rings is 1. The van der Waals surface area contributed by atoms with Crippen LogP contribution in [0.15, 0.2) is 47.3 Å². The molecule has 0 fully saturated rings. The number of carbonyl (C=O) groups is 1. The molecule has 0 bridgehead atoms. The van der Waals surface area contributed by atoms with E-state index in [0.29, 0.717) is 35.7 Å². The molecule has 0 saturated carbocycles. The van der Waals surface area contributed by atoms with E-state index in [0.717, 1.165) is 16.4 Å². The lowest BCUT2D eigenvalue weighted by molar-refractivity contribution is -0.129. The first-order valence-electron chi connectivity index (χ1n) is 9.44. The summed E-state index contributed by atoms with van der Waals surface area (Å²) < 4.78 is 31.9. The van der Waals surface area contributed by atoms with Crippen molar-refractivity contribution in [3.63, 3.8) is 0 Å². The number of amides is 1. The zero-order valence-corrected chi connectivity index (χ0v) is 15.8. The fourth-order valence-corrected chi connectivity index (χ4v) is 3.83. The second-order valence-electron chi connectivity index (χ2n) is 6.92. The number of fused-ring (bicyclic) bond motifs is 5. The normalized spacial score (nSPS) is 11.6. The number of nitrogens with zero attached hydrogens (tertiary/aromatic N) is 1. The fraction of sp³-hybridized carbons (Fsp3) is 0.238. The number of aromatic amines is 1. The molecule has 1 amide bonds. The molecule has 2 aromatic carbocycles. The molecule has 7 nitrogen and oxygen atoms in total. The fourth-order valence-electron chi connectivity index (χ4n) is 3.83. The van der Waals surface area contributed by atoms with Crippen LogP contribution in [0.5, 0.6) is 5.75 Å². The average Bonchev–Trinajstić information content (AvgIpc) is 3.04. The van der Waals surface area contributed by atoms with Crippen LogP contribution in [0.25, 0.3) is 32.7 Å². The summed E-state index contributed by atoms with van der Waals surface area (Å²) in [6.45, 7) is -2.42. The number of rotatable bonds is 7. The molecule has 0 aliphatic heterocycles. The van der Waals surface area contributed by atoms with Crippen molar-refractivity contribution in [3.05, 3.63) is 52.8 Å². The van der Waals surface area contributed by atoms with Gasteiger partial charge in [-0.15, -0.1) is 0 Å². The number of H-pyrrole nitrogens is 1. The molecule has 4 aromatic rings. The van der Waals surface area contributed by atoms with E-state index in [1.165, 1.54) is 12.1 Å². The van der Waals surface area contributed by atoms with Crippen LogP contribution < -0.4 is 15.8 Å². The largest absolute Gasteiger partial charge is 0.435 e. The standard InChI is InChI=1S/C21H19F2N3O4/c22-21(23)30-12-8-9-16-15(11-12)18-19(26(16)10-4-3-7-17(27)25-29)13-5-1-2-6-14(13)20(28)24-18/h1-2,5-6,8-9,11,21,29H,3-4,7,10H2,(H,24,28)(H,25,27). The number of hydroxylamine groups is 1. The van der Waals surface area contributed by atoms with Crippen LogP contribution in [0.1, 0.15) is 19.3 Å². The summed E-state index contributed by atoms with van der Waals surface area (Å²) in [5.74, 6) is -0.453. The van der Waals surface area contributed by atoms with E-state index < -0.39 is 12.5 Å². The van der Waals surface area contributed by atoms with Crippen LogP contribution in [-0.2, 0) is 11.3 Å². The number of benzene rings is 2. The maximum Gasteiger partial charge on any atom is 0.387 e. The van der Waals surface area contributed by atoms with E-state index in [1.54, 1.807) is 23.7 Å². The van der Waals surface area contributed by atoms with Crippen LogP contribution in [0.2, 0.25) is 0 Å². The van der Waals surface area contributed by atoms with Crippen molar-refractivity contribution in [2.45, 2.75) is 32.4 Å². The Morgan fingerprint density at radius 1 is 1.13 bits per heavy atom. The van der Waals surface area contributed by atoms with Crippen molar-refractivity contribution in [3.8, 4) is 5.75 Å². The summed E-state index contributed by atoms with van der Waals surface area (Å²) in [6, 6.07) is 11.8. The smallest absolute Gasteiger partial charge is 0.387 e. The van der Waals surface area contributed by atoms with E-state index in [2.05, 4.69) is 9.72 Å². The first-order valence-corrected chi connectivity index (χ1v) is 9.44. The van der Waals surface area contributed by atoms with Crippen LogP contribution in [0.3, 0.4) is 0 Å². The number of aromatic nitrogens is 2. The molecular weight excluding hydrogens is 396 g/mol. The minimum absolute atomic E-state index is 0.00479. The molecule has 30 heavy (non-hydrogen) atoms. The quantitative estimate of drug-likeness (QED) is 0.242. The zero-order valence-electron chi connectivity index (χ0n) is 15.8. The van der Waals surface area contributed by atoms with Gasteiger partial charge in [-0.05, 0) is 37.1 Å². The molecular formula is C21H19F2N3O4. The molecule has 0 atom stereocenters. The summed E-state index contributed by atoms with van der Waals surface area (Å²) in [6.07, 6.45) is 1.36. The second-order valence-corrected chi connectivity index (χ2v) is 6.92. The van der Waals surface area contributed by atoms with Gasteiger partial charge in [0.15, 0.2) is 0 Å². The number of ether oxygens (including phenoxy) is 1. The molecule has 0 saturated heterocycles. The van der Waals surface area contributed by atoms with Crippen LogP contribution in [0, 0.1) is 0 Å². The number of hydrogen-bond donors (Lipinski definition) is 3. The van der Waals surface area contributed by atoms with Gasteiger partial charge in [0, 0.05) is 29.1 Å². The Balaban J connectivity index is 1.89. The lowest BCUT2D eigenvalue weighted by Gasteiger charge is -2.09. The maximum atomic E-state index is 12.7. The molecule has 156 valence electrons. The first-order chi connectivity index (χ1) is 14.5. The first kappa shape index (κ1) is 19.8. The third kappa shape index (κ3) is 3.59. The van der Waals surface area contributed by atoms with Gasteiger partial charge in [-0.2, -0.15) is 8.78 Å². The van der Waals surface area contributed by atoms with E-state index in [9.17, 15) is 18.4 Å². The third-order valence-electron chi connectivity index (χ3n) is 5.09. The molecule has 0 unspecified atom stereocenters. The molecule has 0 aliphatic carbocycles. The average molecular weight is 415 g/mol. The molecule has 0 radical (unpaired) electrons. The van der Waals surface area contributed by atoms with Gasteiger partial charge in [-0.25, -0.2) is 5.48 Å². The number of nitrogens with one attached hydrogen (secondary N) is 2. The Morgan fingerprint density at radius 2 is 1.90 bits per heavy atom. The highest BCUT2D eigenvalue weighted by atomic mass is 19.3. The summed E-state index contributed by atoms with van der Waals surface area (Å²) in [7, 11) is 0. The van der Waals surface area contributed by atoms with E-state index in [1.807, 2.05) is 16.7 Å². The Kier molecular flexibility index (Phi) is 5.37. The van der Waals surface area contributed by atoms with Crippen molar-refractivity contribution >= 4 is 38.6 Å². The maximum absolute atomic E-state index is 12.7. The second kappa shape index (κ2) is 8.11. The van der Waals surface area contributed by atoms with E-state index >= 15 is 0 Å². The Bertz CT molecular complexity index is 1300. The highest BCUT2D eigenvalue weighted by molar-refractivity contribution is 6.15. The number of unbranched alkanes of at least 4 members (excludes halogenated alkanes) is 1. The number of carbonyl (C=O) groups excluding carboxylic acids is 1. The number of hydrogen-bond acceptors (Lipinski definition) is 4. The lowest BCUT2D eigenvalue weighted by Crippen LogP contribution is -2.18. The van der Waals surface area contributed by atoms with Crippen molar-refractivity contribution in [2.24, 2.45) is 0 Å². The van der Waals surface area contributed by atoms with Crippen molar-refractivity contribution in [2.75, 3.05) is 0 Å². The van der Waals surface area contributed by atoms with Crippen LogP contribution >= 0.6 is 0 Å². The number of aryl methyl sites for hydroxylation is 1. The number of alkyl halides is 2. The van der Waals surface area contributed by atoms with Gasteiger partial charge in [0.2, 0.25) is 5.91 Å². The SMILES string of the molecule is O=C(CCCCn1c2ccc(OC(F)F)cc2c2[nH]c(=O)c3ccccc3c21)NO. The zero-order chi connectivity index (χ0) is 21.3. The monoisotopic (exact) mass is 415 g/mol. The molecule has 2 heterocycles. The summed E-state index contributed by atoms with van der Waals surface area (Å²) >= 11 is 0. The minimum atomic E-state index is -2.95. The number of halogens is 2. The highest BCUT2D eigenvalue weighted by Crippen LogP contribution is 2.34. The van der Waals surface area contributed by atoms with Gasteiger partial charge < -0.3 is 14.3 Å². The van der Waals surface area contributed by atoms with Gasteiger partial charge in [-0.1, -0.05) is 18.2 Å². The molecule has 0 aliphatic rings. The Hall–Kier alpha value is -3.46. The predicted octanol–water partition coefficient (Wildman–Crippen LogP) is 3.91. The topological polar surface area (TPSA) is 96.4 Å². The summed E-state index contributed by atoms with van der Waals surface area (Å²) in [5, 5.41) is 10.5. The van der Waals surface area contributed by atoms with Gasteiger partial charge >= 0.3 is 6.61 Å². The van der Waals surface area contributed by atoms with Crippen LogP contribution in [-0.4, -0.2) is 27.3 Å². The van der Waals surface area contributed by atoms with E-state index in [-0.39, 0.29) is 17.7 Å². The molecule has 9 heteroatoms.